The smallest absolute Gasteiger partial charge is 0.282 e. The highest BCUT2D eigenvalue weighted by Gasteiger charge is 2.29. The molecular formula is C9H9Br2NO3. The Kier molecular flexibility index (Phi) is 4.53. The quantitative estimate of drug-likeness (QED) is 0.367. The first-order valence-corrected chi connectivity index (χ1v) is 5.95. The van der Waals surface area contributed by atoms with Gasteiger partial charge in [0.1, 0.15) is 10.6 Å². The molecule has 82 valence electrons. The minimum atomic E-state index is -0.881. The molecule has 1 rings (SSSR count). The van der Waals surface area contributed by atoms with E-state index in [0.29, 0.717) is 5.75 Å². The molecule has 0 aliphatic heterocycles. The number of hydrogen-bond acceptors (Lipinski definition) is 3. The summed E-state index contributed by atoms with van der Waals surface area (Å²) in [5.41, 5.74) is 0.749. The van der Waals surface area contributed by atoms with Crippen LogP contribution in [0.15, 0.2) is 24.3 Å². The van der Waals surface area contributed by atoms with Crippen LogP contribution in [0.3, 0.4) is 0 Å². The van der Waals surface area contributed by atoms with Gasteiger partial charge in [-0.1, -0.05) is 34.1 Å². The average molecular weight is 339 g/mol. The number of hydrogen-bond donors (Lipinski definition) is 0. The maximum absolute atomic E-state index is 10.6. The second-order valence-electron chi connectivity index (χ2n) is 2.80. The Labute approximate surface area is 104 Å². The SMILES string of the molecule is COc1ccccc1C(Br)C(Br)[N+](=O)[O-]. The van der Waals surface area contributed by atoms with Gasteiger partial charge in [-0.3, -0.25) is 10.1 Å². The van der Waals surface area contributed by atoms with Gasteiger partial charge in [-0.15, -0.1) is 0 Å². The van der Waals surface area contributed by atoms with E-state index in [-0.39, 0.29) is 0 Å². The van der Waals surface area contributed by atoms with E-state index in [1.54, 1.807) is 12.1 Å². The Balaban J connectivity index is 2.99. The number of alkyl halides is 2. The molecule has 0 N–H and O–H groups in total. The molecule has 0 heterocycles. The molecule has 0 bridgehead atoms. The maximum Gasteiger partial charge on any atom is 0.282 e. The zero-order chi connectivity index (χ0) is 11.4. The van der Waals surface area contributed by atoms with Crippen LogP contribution in [-0.4, -0.2) is 17.0 Å². The van der Waals surface area contributed by atoms with Crippen molar-refractivity contribution in [1.82, 2.24) is 0 Å². The lowest BCUT2D eigenvalue weighted by Gasteiger charge is -2.13. The van der Waals surface area contributed by atoms with E-state index in [2.05, 4.69) is 31.9 Å². The highest BCUT2D eigenvalue weighted by Crippen LogP contribution is 2.36. The zero-order valence-corrected chi connectivity index (χ0v) is 11.1. The standard InChI is InChI=1S/C9H9Br2NO3/c1-15-7-5-3-2-4-6(7)8(10)9(11)12(13)14/h2-5,8-9H,1H3. The van der Waals surface area contributed by atoms with Gasteiger partial charge in [0.15, 0.2) is 0 Å². The highest BCUT2D eigenvalue weighted by molar-refractivity contribution is 9.12. The Morgan fingerprint density at radius 3 is 2.53 bits per heavy atom. The molecule has 0 radical (unpaired) electrons. The summed E-state index contributed by atoms with van der Waals surface area (Å²) in [6.45, 7) is 0. The summed E-state index contributed by atoms with van der Waals surface area (Å²) >= 11 is 6.28. The monoisotopic (exact) mass is 337 g/mol. The summed E-state index contributed by atoms with van der Waals surface area (Å²) in [6.07, 6.45) is 0. The Hall–Kier alpha value is -0.620. The molecule has 4 nitrogen and oxygen atoms in total. The van der Waals surface area contributed by atoms with Crippen LogP contribution < -0.4 is 4.74 Å². The van der Waals surface area contributed by atoms with Crippen LogP contribution in [0.1, 0.15) is 10.4 Å². The number of ether oxygens (including phenoxy) is 1. The molecule has 2 unspecified atom stereocenters. The van der Waals surface area contributed by atoms with Gasteiger partial charge in [-0.25, -0.2) is 0 Å². The average Bonchev–Trinajstić information content (AvgIpc) is 2.26. The van der Waals surface area contributed by atoms with Gasteiger partial charge in [0.25, 0.3) is 4.95 Å². The first kappa shape index (κ1) is 12.4. The van der Waals surface area contributed by atoms with Crippen molar-refractivity contribution in [1.29, 1.82) is 0 Å². The second-order valence-corrected chi connectivity index (χ2v) is 4.73. The van der Waals surface area contributed by atoms with E-state index >= 15 is 0 Å². The van der Waals surface area contributed by atoms with Crippen LogP contribution >= 0.6 is 31.9 Å². The van der Waals surface area contributed by atoms with E-state index in [4.69, 9.17) is 4.74 Å². The predicted molar refractivity (Wildman–Crippen MR) is 64.4 cm³/mol. The fourth-order valence-corrected chi connectivity index (χ4v) is 2.01. The number of methoxy groups -OCH3 is 1. The number of benzene rings is 1. The summed E-state index contributed by atoms with van der Waals surface area (Å²) < 4.78 is 5.12. The third-order valence-corrected chi connectivity index (χ3v) is 4.45. The van der Waals surface area contributed by atoms with Gasteiger partial charge >= 0.3 is 0 Å². The number of para-hydroxylation sites is 1. The lowest BCUT2D eigenvalue weighted by molar-refractivity contribution is -0.492. The van der Waals surface area contributed by atoms with Crippen molar-refractivity contribution in [3.8, 4) is 5.75 Å². The molecule has 0 amide bonds. The van der Waals surface area contributed by atoms with Crippen molar-refractivity contribution in [2.45, 2.75) is 9.78 Å². The Bertz CT molecular complexity index is 359. The third-order valence-electron chi connectivity index (χ3n) is 1.88. The first-order chi connectivity index (χ1) is 7.07. The molecule has 2 atom stereocenters. The topological polar surface area (TPSA) is 52.4 Å². The summed E-state index contributed by atoms with van der Waals surface area (Å²) in [7, 11) is 1.54. The molecule has 0 saturated carbocycles. The van der Waals surface area contributed by atoms with E-state index < -0.39 is 14.7 Å². The van der Waals surface area contributed by atoms with Gasteiger partial charge in [0, 0.05) is 10.5 Å². The first-order valence-electron chi connectivity index (χ1n) is 4.12. The van der Waals surface area contributed by atoms with E-state index in [1.165, 1.54) is 7.11 Å². The molecule has 1 aromatic rings. The maximum atomic E-state index is 10.6. The molecular weight excluding hydrogens is 330 g/mol. The van der Waals surface area contributed by atoms with Crippen molar-refractivity contribution >= 4 is 31.9 Å². The summed E-state index contributed by atoms with van der Waals surface area (Å²) in [5.74, 6) is 0.630. The van der Waals surface area contributed by atoms with E-state index in [1.807, 2.05) is 12.1 Å². The van der Waals surface area contributed by atoms with Crippen molar-refractivity contribution in [2.75, 3.05) is 7.11 Å². The number of halogens is 2. The Morgan fingerprint density at radius 2 is 2.00 bits per heavy atom. The van der Waals surface area contributed by atoms with Crippen LogP contribution in [0.2, 0.25) is 0 Å². The number of rotatable bonds is 4. The molecule has 0 fully saturated rings. The second kappa shape index (κ2) is 5.46. The highest BCUT2D eigenvalue weighted by atomic mass is 79.9. The molecule has 6 heteroatoms. The van der Waals surface area contributed by atoms with Crippen molar-refractivity contribution in [3.63, 3.8) is 0 Å². The molecule has 0 aliphatic carbocycles. The number of nitrogens with zero attached hydrogens (tertiary/aromatic N) is 1. The van der Waals surface area contributed by atoms with E-state index in [0.717, 1.165) is 5.56 Å². The third kappa shape index (κ3) is 2.92. The van der Waals surface area contributed by atoms with Gasteiger partial charge in [-0.05, 0) is 22.0 Å². The van der Waals surface area contributed by atoms with Gasteiger partial charge in [0.05, 0.1) is 7.11 Å². The summed E-state index contributed by atoms with van der Waals surface area (Å²) in [4.78, 5) is 8.90. The van der Waals surface area contributed by atoms with E-state index in [9.17, 15) is 10.1 Å². The fraction of sp³-hybridized carbons (Fsp3) is 0.333. The fourth-order valence-electron chi connectivity index (χ4n) is 1.15. The van der Waals surface area contributed by atoms with Gasteiger partial charge < -0.3 is 4.74 Å². The van der Waals surface area contributed by atoms with Crippen LogP contribution in [0.25, 0.3) is 0 Å². The molecule has 0 aromatic heterocycles. The van der Waals surface area contributed by atoms with Crippen LogP contribution in [0.5, 0.6) is 5.75 Å². The van der Waals surface area contributed by atoms with Crippen LogP contribution in [0, 0.1) is 10.1 Å². The molecule has 1 aromatic carbocycles. The van der Waals surface area contributed by atoms with Crippen LogP contribution in [0.4, 0.5) is 0 Å². The summed E-state index contributed by atoms with van der Waals surface area (Å²) in [6, 6.07) is 7.18. The predicted octanol–water partition coefficient (Wildman–Crippen LogP) is 3.13. The number of nitro groups is 1. The molecule has 15 heavy (non-hydrogen) atoms. The zero-order valence-electron chi connectivity index (χ0n) is 7.89. The van der Waals surface area contributed by atoms with Crippen molar-refractivity contribution < 1.29 is 9.66 Å². The molecule has 0 saturated heterocycles. The van der Waals surface area contributed by atoms with Gasteiger partial charge in [0.2, 0.25) is 0 Å². The minimum Gasteiger partial charge on any atom is -0.496 e. The lowest BCUT2D eigenvalue weighted by atomic mass is 10.1. The molecule has 0 spiro atoms. The minimum absolute atomic E-state index is 0.397. The van der Waals surface area contributed by atoms with Crippen molar-refractivity contribution in [3.05, 3.63) is 39.9 Å². The van der Waals surface area contributed by atoms with Gasteiger partial charge in [-0.2, -0.15) is 0 Å². The normalized spacial score (nSPS) is 14.3. The lowest BCUT2D eigenvalue weighted by Crippen LogP contribution is -2.17. The van der Waals surface area contributed by atoms with Crippen LogP contribution in [-0.2, 0) is 0 Å². The summed E-state index contributed by atoms with van der Waals surface area (Å²) in [5, 5.41) is 10.6. The molecule has 0 aliphatic rings. The largest absolute Gasteiger partial charge is 0.496 e. The Morgan fingerprint density at radius 1 is 1.40 bits per heavy atom. The van der Waals surface area contributed by atoms with Crippen molar-refractivity contribution in [2.24, 2.45) is 0 Å².